The SMILES string of the molecule is CN=C(NCCOc1ccccc1)NCCC(=O)N(C)C. The minimum atomic E-state index is 0.0883. The van der Waals surface area contributed by atoms with Gasteiger partial charge in [0.15, 0.2) is 5.96 Å². The van der Waals surface area contributed by atoms with E-state index in [0.29, 0.717) is 32.1 Å². The van der Waals surface area contributed by atoms with Crippen LogP contribution in [-0.2, 0) is 4.79 Å². The maximum Gasteiger partial charge on any atom is 0.223 e. The van der Waals surface area contributed by atoms with E-state index in [4.69, 9.17) is 4.74 Å². The Hall–Kier alpha value is -2.24. The Balaban J connectivity index is 2.15. The number of amides is 1. The molecule has 1 amide bonds. The third-order valence-corrected chi connectivity index (χ3v) is 2.76. The van der Waals surface area contributed by atoms with Crippen molar-refractivity contribution in [3.63, 3.8) is 0 Å². The molecule has 0 spiro atoms. The predicted molar refractivity (Wildman–Crippen MR) is 84.6 cm³/mol. The van der Waals surface area contributed by atoms with E-state index in [1.54, 1.807) is 26.0 Å². The lowest BCUT2D eigenvalue weighted by atomic mass is 10.3. The molecule has 1 rings (SSSR count). The molecule has 0 atom stereocenters. The average Bonchev–Trinajstić information content (AvgIpc) is 2.50. The van der Waals surface area contributed by atoms with Gasteiger partial charge < -0.3 is 20.3 Å². The number of nitrogens with one attached hydrogen (secondary N) is 2. The molecule has 6 nitrogen and oxygen atoms in total. The number of ether oxygens (including phenoxy) is 1. The number of carbonyl (C=O) groups excluding carboxylic acids is 1. The van der Waals surface area contributed by atoms with Crippen LogP contribution in [0, 0.1) is 0 Å². The van der Waals surface area contributed by atoms with Crippen LogP contribution < -0.4 is 15.4 Å². The zero-order valence-corrected chi connectivity index (χ0v) is 12.9. The lowest BCUT2D eigenvalue weighted by Gasteiger charge is -2.14. The van der Waals surface area contributed by atoms with Gasteiger partial charge in [-0.3, -0.25) is 9.79 Å². The van der Waals surface area contributed by atoms with Crippen LogP contribution in [0.3, 0.4) is 0 Å². The molecular weight excluding hydrogens is 268 g/mol. The quantitative estimate of drug-likeness (QED) is 0.441. The summed E-state index contributed by atoms with van der Waals surface area (Å²) in [6, 6.07) is 9.65. The molecule has 1 aromatic rings. The highest BCUT2D eigenvalue weighted by atomic mass is 16.5. The van der Waals surface area contributed by atoms with E-state index in [1.165, 1.54) is 0 Å². The van der Waals surface area contributed by atoms with Crippen LogP contribution in [0.1, 0.15) is 6.42 Å². The summed E-state index contributed by atoms with van der Waals surface area (Å²) in [7, 11) is 5.19. The molecule has 2 N–H and O–H groups in total. The lowest BCUT2D eigenvalue weighted by Crippen LogP contribution is -2.40. The minimum Gasteiger partial charge on any atom is -0.492 e. The molecule has 116 valence electrons. The second kappa shape index (κ2) is 9.63. The van der Waals surface area contributed by atoms with E-state index < -0.39 is 0 Å². The first-order chi connectivity index (χ1) is 10.1. The van der Waals surface area contributed by atoms with Crippen LogP contribution in [-0.4, -0.2) is 57.6 Å². The van der Waals surface area contributed by atoms with Crippen molar-refractivity contribution in [1.82, 2.24) is 15.5 Å². The normalized spacial score (nSPS) is 10.9. The van der Waals surface area contributed by atoms with Crippen LogP contribution in [0.2, 0.25) is 0 Å². The third-order valence-electron chi connectivity index (χ3n) is 2.76. The first-order valence-corrected chi connectivity index (χ1v) is 6.96. The van der Waals surface area contributed by atoms with E-state index in [0.717, 1.165) is 5.75 Å². The minimum absolute atomic E-state index is 0.0883. The molecule has 0 aromatic heterocycles. The van der Waals surface area contributed by atoms with Crippen molar-refractivity contribution < 1.29 is 9.53 Å². The maximum absolute atomic E-state index is 11.4. The fourth-order valence-corrected chi connectivity index (χ4v) is 1.59. The van der Waals surface area contributed by atoms with Crippen molar-refractivity contribution in [2.45, 2.75) is 6.42 Å². The highest BCUT2D eigenvalue weighted by Gasteiger charge is 2.04. The number of benzene rings is 1. The van der Waals surface area contributed by atoms with Gasteiger partial charge in [-0.05, 0) is 12.1 Å². The van der Waals surface area contributed by atoms with Crippen LogP contribution in [0.4, 0.5) is 0 Å². The predicted octanol–water partition coefficient (Wildman–Crippen LogP) is 0.709. The van der Waals surface area contributed by atoms with Crippen molar-refractivity contribution >= 4 is 11.9 Å². The summed E-state index contributed by atoms with van der Waals surface area (Å²) in [6.07, 6.45) is 0.439. The van der Waals surface area contributed by atoms with Gasteiger partial charge in [-0.2, -0.15) is 0 Å². The second-order valence-corrected chi connectivity index (χ2v) is 4.63. The van der Waals surface area contributed by atoms with Crippen molar-refractivity contribution in [2.24, 2.45) is 4.99 Å². The Bertz CT molecular complexity index is 446. The van der Waals surface area contributed by atoms with E-state index >= 15 is 0 Å². The van der Waals surface area contributed by atoms with Gasteiger partial charge in [0.1, 0.15) is 12.4 Å². The Morgan fingerprint density at radius 2 is 1.86 bits per heavy atom. The first kappa shape index (κ1) is 16.8. The molecule has 0 aliphatic rings. The first-order valence-electron chi connectivity index (χ1n) is 6.96. The van der Waals surface area contributed by atoms with Crippen molar-refractivity contribution in [2.75, 3.05) is 40.8 Å². The molecule has 0 unspecified atom stereocenters. The van der Waals surface area contributed by atoms with Gasteiger partial charge >= 0.3 is 0 Å². The monoisotopic (exact) mass is 292 g/mol. The van der Waals surface area contributed by atoms with Crippen molar-refractivity contribution in [3.05, 3.63) is 30.3 Å². The molecule has 0 aliphatic carbocycles. The van der Waals surface area contributed by atoms with Crippen molar-refractivity contribution in [1.29, 1.82) is 0 Å². The Kier molecular flexibility index (Phi) is 7.71. The smallest absolute Gasteiger partial charge is 0.223 e. The van der Waals surface area contributed by atoms with E-state index in [2.05, 4.69) is 15.6 Å². The van der Waals surface area contributed by atoms with Crippen LogP contribution in [0.15, 0.2) is 35.3 Å². The maximum atomic E-state index is 11.4. The van der Waals surface area contributed by atoms with Gasteiger partial charge in [-0.1, -0.05) is 18.2 Å². The van der Waals surface area contributed by atoms with Gasteiger partial charge in [0, 0.05) is 34.1 Å². The zero-order chi connectivity index (χ0) is 15.5. The largest absolute Gasteiger partial charge is 0.492 e. The summed E-state index contributed by atoms with van der Waals surface area (Å²) >= 11 is 0. The van der Waals surface area contributed by atoms with Gasteiger partial charge in [-0.25, -0.2) is 0 Å². The molecule has 6 heteroatoms. The molecule has 0 saturated carbocycles. The number of nitrogens with zero attached hydrogens (tertiary/aromatic N) is 2. The lowest BCUT2D eigenvalue weighted by molar-refractivity contribution is -0.128. The Morgan fingerprint density at radius 3 is 2.48 bits per heavy atom. The van der Waals surface area contributed by atoms with Gasteiger partial charge in [0.2, 0.25) is 5.91 Å². The number of aliphatic imine (C=N–C) groups is 1. The fraction of sp³-hybridized carbons (Fsp3) is 0.467. The summed E-state index contributed by atoms with van der Waals surface area (Å²) in [5.74, 6) is 1.60. The number of para-hydroxylation sites is 1. The molecule has 0 bridgehead atoms. The number of rotatable bonds is 7. The van der Waals surface area contributed by atoms with E-state index in [-0.39, 0.29) is 5.91 Å². The zero-order valence-electron chi connectivity index (χ0n) is 12.9. The topological polar surface area (TPSA) is 66.0 Å². The summed E-state index contributed by atoms with van der Waals surface area (Å²) in [5.41, 5.74) is 0. The molecule has 0 aliphatic heterocycles. The molecule has 0 radical (unpaired) electrons. The van der Waals surface area contributed by atoms with Gasteiger partial charge in [0.05, 0.1) is 6.54 Å². The second-order valence-electron chi connectivity index (χ2n) is 4.63. The fourth-order valence-electron chi connectivity index (χ4n) is 1.59. The van der Waals surface area contributed by atoms with Crippen LogP contribution >= 0.6 is 0 Å². The van der Waals surface area contributed by atoms with E-state index in [1.807, 2.05) is 30.3 Å². The Labute approximate surface area is 126 Å². The number of hydrogen-bond donors (Lipinski definition) is 2. The molecular formula is C15H24N4O2. The van der Waals surface area contributed by atoms with Gasteiger partial charge in [0.25, 0.3) is 0 Å². The summed E-state index contributed by atoms with van der Waals surface area (Å²) in [4.78, 5) is 17.1. The standard InChI is InChI=1S/C15H24N4O2/c1-16-15(17-10-9-14(20)19(2)3)18-11-12-21-13-7-5-4-6-8-13/h4-8H,9-12H2,1-3H3,(H2,16,17,18). The number of guanidine groups is 1. The average molecular weight is 292 g/mol. The number of hydrogen-bond acceptors (Lipinski definition) is 3. The highest BCUT2D eigenvalue weighted by molar-refractivity contribution is 5.81. The number of carbonyl (C=O) groups is 1. The van der Waals surface area contributed by atoms with E-state index in [9.17, 15) is 4.79 Å². The Morgan fingerprint density at radius 1 is 1.19 bits per heavy atom. The summed E-state index contributed by atoms with van der Waals surface area (Å²) in [5, 5.41) is 6.22. The molecule has 0 fully saturated rings. The van der Waals surface area contributed by atoms with Crippen LogP contribution in [0.25, 0.3) is 0 Å². The van der Waals surface area contributed by atoms with Crippen molar-refractivity contribution in [3.8, 4) is 5.75 Å². The molecule has 0 heterocycles. The molecule has 21 heavy (non-hydrogen) atoms. The van der Waals surface area contributed by atoms with Crippen LogP contribution in [0.5, 0.6) is 5.75 Å². The summed E-state index contributed by atoms with van der Waals surface area (Å²) < 4.78 is 5.57. The molecule has 1 aromatic carbocycles. The summed E-state index contributed by atoms with van der Waals surface area (Å²) in [6.45, 7) is 1.73. The molecule has 0 saturated heterocycles. The third kappa shape index (κ3) is 7.20. The van der Waals surface area contributed by atoms with Gasteiger partial charge in [-0.15, -0.1) is 0 Å². The highest BCUT2D eigenvalue weighted by Crippen LogP contribution is 2.07.